The molecular weight excluding hydrogens is 381 g/mol. The minimum absolute atomic E-state index is 0.0112. The summed E-state index contributed by atoms with van der Waals surface area (Å²) >= 11 is 13.3. The Labute approximate surface area is 161 Å². The highest BCUT2D eigenvalue weighted by Gasteiger charge is 2.22. The van der Waals surface area contributed by atoms with Gasteiger partial charge in [-0.05, 0) is 31.6 Å². The van der Waals surface area contributed by atoms with Gasteiger partial charge in [-0.1, -0.05) is 29.4 Å². The van der Waals surface area contributed by atoms with Gasteiger partial charge in [-0.25, -0.2) is 4.79 Å². The molecule has 0 saturated carbocycles. The van der Waals surface area contributed by atoms with Crippen LogP contribution in [-0.2, 0) is 25.0 Å². The Bertz CT molecular complexity index is 772. The first-order valence-corrected chi connectivity index (χ1v) is 9.55. The number of hydrogen-bond donors (Lipinski definition) is 0. The second kappa shape index (κ2) is 9.48. The fourth-order valence-corrected chi connectivity index (χ4v) is 4.07. The van der Waals surface area contributed by atoms with Crippen LogP contribution in [0.15, 0.2) is 46.0 Å². The standard InChI is InChI=1S/C17H21Cl2N3O2S/c1-12(2)22-16(25-15(19)6-7-18)14(21(3)17(22)23)11-24-10-13-5-4-8-20-9-13/h4-9,12,15H,10-11H2,1-3H3/b7-6+. The summed E-state index contributed by atoms with van der Waals surface area (Å²) in [5.74, 6) is 0. The Morgan fingerprint density at radius 3 is 2.76 bits per heavy atom. The Kier molecular flexibility index (Phi) is 7.62. The second-order valence-electron chi connectivity index (χ2n) is 5.70. The molecular formula is C17H21Cl2N3O2S. The lowest BCUT2D eigenvalue weighted by atomic mass is 10.3. The van der Waals surface area contributed by atoms with E-state index < -0.39 is 0 Å². The molecule has 0 N–H and O–H groups in total. The van der Waals surface area contributed by atoms with E-state index in [2.05, 4.69) is 4.98 Å². The first kappa shape index (κ1) is 20.1. The fourth-order valence-electron chi connectivity index (χ4n) is 2.34. The van der Waals surface area contributed by atoms with Gasteiger partial charge in [0.25, 0.3) is 0 Å². The zero-order chi connectivity index (χ0) is 18.4. The molecule has 136 valence electrons. The average Bonchev–Trinajstić information content (AvgIpc) is 2.80. The van der Waals surface area contributed by atoms with Crippen LogP contribution >= 0.6 is 35.0 Å². The SMILES string of the molecule is CC(C)n1c(SC(Cl)/C=C/Cl)c(COCc2cccnc2)n(C)c1=O. The molecule has 5 nitrogen and oxygen atoms in total. The molecule has 2 heterocycles. The molecule has 0 fully saturated rings. The molecule has 0 radical (unpaired) electrons. The maximum absolute atomic E-state index is 12.6. The monoisotopic (exact) mass is 401 g/mol. The Morgan fingerprint density at radius 2 is 2.16 bits per heavy atom. The van der Waals surface area contributed by atoms with E-state index in [1.165, 1.54) is 17.3 Å². The van der Waals surface area contributed by atoms with Gasteiger partial charge >= 0.3 is 5.69 Å². The largest absolute Gasteiger partial charge is 0.370 e. The lowest BCUT2D eigenvalue weighted by Crippen LogP contribution is -2.24. The topological polar surface area (TPSA) is 49.0 Å². The molecule has 0 spiro atoms. The van der Waals surface area contributed by atoms with Crippen molar-refractivity contribution in [1.82, 2.24) is 14.1 Å². The van der Waals surface area contributed by atoms with E-state index in [4.69, 9.17) is 27.9 Å². The van der Waals surface area contributed by atoms with Crippen molar-refractivity contribution in [2.24, 2.45) is 7.05 Å². The molecule has 0 aliphatic rings. The van der Waals surface area contributed by atoms with Crippen molar-refractivity contribution in [3.63, 3.8) is 0 Å². The van der Waals surface area contributed by atoms with Crippen molar-refractivity contribution in [2.45, 2.75) is 42.8 Å². The number of nitrogens with zero attached hydrogens (tertiary/aromatic N) is 3. The summed E-state index contributed by atoms with van der Waals surface area (Å²) < 4.78 is 8.77. The van der Waals surface area contributed by atoms with Gasteiger partial charge in [-0.3, -0.25) is 14.1 Å². The third-order valence-electron chi connectivity index (χ3n) is 3.56. The van der Waals surface area contributed by atoms with Gasteiger partial charge in [0, 0.05) is 31.0 Å². The van der Waals surface area contributed by atoms with E-state index in [-0.39, 0.29) is 16.4 Å². The highest BCUT2D eigenvalue weighted by molar-refractivity contribution is 8.01. The van der Waals surface area contributed by atoms with Gasteiger partial charge in [-0.2, -0.15) is 0 Å². The summed E-state index contributed by atoms with van der Waals surface area (Å²) in [5, 5.41) is 0.795. The quantitative estimate of drug-likeness (QED) is 0.488. The zero-order valence-electron chi connectivity index (χ0n) is 14.4. The molecule has 2 rings (SSSR count). The lowest BCUT2D eigenvalue weighted by molar-refractivity contribution is 0.100. The number of halogens is 2. The number of pyridine rings is 1. The number of imidazole rings is 1. The third kappa shape index (κ3) is 5.14. The Hall–Kier alpha value is -1.21. The summed E-state index contributed by atoms with van der Waals surface area (Å²) in [7, 11) is 1.74. The number of ether oxygens (including phenoxy) is 1. The molecule has 0 bridgehead atoms. The normalized spacial score (nSPS) is 13.0. The van der Waals surface area contributed by atoms with E-state index >= 15 is 0 Å². The third-order valence-corrected chi connectivity index (χ3v) is 5.15. The van der Waals surface area contributed by atoms with Crippen LogP contribution in [-0.4, -0.2) is 18.8 Å². The molecule has 25 heavy (non-hydrogen) atoms. The van der Waals surface area contributed by atoms with Gasteiger partial charge < -0.3 is 4.74 Å². The molecule has 0 amide bonds. The molecule has 2 aromatic heterocycles. The van der Waals surface area contributed by atoms with Crippen molar-refractivity contribution in [2.75, 3.05) is 0 Å². The van der Waals surface area contributed by atoms with Crippen LogP contribution in [0, 0.1) is 0 Å². The molecule has 0 aliphatic carbocycles. The van der Waals surface area contributed by atoms with Crippen LogP contribution in [0.2, 0.25) is 0 Å². The maximum Gasteiger partial charge on any atom is 0.329 e. The van der Waals surface area contributed by atoms with E-state index in [1.54, 1.807) is 34.7 Å². The van der Waals surface area contributed by atoms with Gasteiger partial charge in [-0.15, -0.1) is 11.6 Å². The van der Waals surface area contributed by atoms with E-state index in [0.717, 1.165) is 16.3 Å². The maximum atomic E-state index is 12.6. The predicted molar refractivity (Wildman–Crippen MR) is 103 cm³/mol. The van der Waals surface area contributed by atoms with Crippen LogP contribution in [0.4, 0.5) is 0 Å². The van der Waals surface area contributed by atoms with Crippen molar-refractivity contribution >= 4 is 35.0 Å². The number of rotatable bonds is 8. The molecule has 1 atom stereocenters. The fraction of sp³-hybridized carbons (Fsp3) is 0.412. The van der Waals surface area contributed by atoms with Gasteiger partial charge in [0.15, 0.2) is 0 Å². The molecule has 0 aromatic carbocycles. The highest BCUT2D eigenvalue weighted by Crippen LogP contribution is 2.31. The number of alkyl halides is 1. The van der Waals surface area contributed by atoms with Crippen LogP contribution in [0.1, 0.15) is 31.1 Å². The minimum atomic E-state index is -0.374. The lowest BCUT2D eigenvalue weighted by Gasteiger charge is -2.13. The summed E-state index contributed by atoms with van der Waals surface area (Å²) in [6, 6.07) is 3.82. The van der Waals surface area contributed by atoms with Crippen LogP contribution < -0.4 is 5.69 Å². The number of aromatic nitrogens is 3. The number of thioether (sulfide) groups is 1. The summed E-state index contributed by atoms with van der Waals surface area (Å²) in [5.41, 5.74) is 3.06. The van der Waals surface area contributed by atoms with Gasteiger partial charge in [0.1, 0.15) is 9.74 Å². The number of hydrogen-bond acceptors (Lipinski definition) is 4. The first-order valence-electron chi connectivity index (χ1n) is 7.80. The minimum Gasteiger partial charge on any atom is -0.370 e. The zero-order valence-corrected chi connectivity index (χ0v) is 16.7. The van der Waals surface area contributed by atoms with Crippen molar-refractivity contribution in [1.29, 1.82) is 0 Å². The smallest absolute Gasteiger partial charge is 0.329 e. The van der Waals surface area contributed by atoms with Gasteiger partial charge in [0.05, 0.1) is 18.9 Å². The molecule has 8 heteroatoms. The second-order valence-corrected chi connectivity index (χ2v) is 7.81. The predicted octanol–water partition coefficient (Wildman–Crippen LogP) is 4.29. The van der Waals surface area contributed by atoms with Crippen LogP contribution in [0.5, 0.6) is 0 Å². The molecule has 1 unspecified atom stereocenters. The van der Waals surface area contributed by atoms with E-state index in [0.29, 0.717) is 13.2 Å². The van der Waals surface area contributed by atoms with Crippen molar-refractivity contribution in [3.05, 3.63) is 57.9 Å². The Morgan fingerprint density at radius 1 is 1.40 bits per heavy atom. The molecule has 0 saturated heterocycles. The Balaban J connectivity index is 2.25. The summed E-state index contributed by atoms with van der Waals surface area (Å²) in [6.45, 7) is 4.65. The highest BCUT2D eigenvalue weighted by atomic mass is 35.5. The van der Waals surface area contributed by atoms with Crippen molar-refractivity contribution < 1.29 is 4.74 Å². The van der Waals surface area contributed by atoms with E-state index in [1.807, 2.05) is 26.0 Å². The first-order chi connectivity index (χ1) is 12.0. The molecule has 0 aliphatic heterocycles. The van der Waals surface area contributed by atoms with Gasteiger partial charge in [0.2, 0.25) is 0 Å². The van der Waals surface area contributed by atoms with E-state index in [9.17, 15) is 4.79 Å². The molecule has 2 aromatic rings. The summed E-state index contributed by atoms with van der Waals surface area (Å²) in [4.78, 5) is 16.6. The average molecular weight is 402 g/mol. The van der Waals surface area contributed by atoms with Crippen LogP contribution in [0.25, 0.3) is 0 Å². The van der Waals surface area contributed by atoms with Crippen LogP contribution in [0.3, 0.4) is 0 Å². The summed E-state index contributed by atoms with van der Waals surface area (Å²) in [6.07, 6.45) is 5.14. The van der Waals surface area contributed by atoms with Crippen molar-refractivity contribution in [3.8, 4) is 0 Å².